The Kier molecular flexibility index (Phi) is 2.78. The van der Waals surface area contributed by atoms with Crippen molar-refractivity contribution in [3.05, 3.63) is 34.8 Å². The Morgan fingerprint density at radius 3 is 2.56 bits per heavy atom. The van der Waals surface area contributed by atoms with Gasteiger partial charge in [-0.3, -0.25) is 0 Å². The van der Waals surface area contributed by atoms with E-state index < -0.39 is 5.97 Å². The van der Waals surface area contributed by atoms with Crippen molar-refractivity contribution in [3.63, 3.8) is 0 Å². The zero-order valence-corrected chi connectivity index (χ0v) is 10.4. The van der Waals surface area contributed by atoms with Crippen molar-refractivity contribution >= 4 is 11.7 Å². The number of hydrogen-bond acceptors (Lipinski definition) is 4. The number of carboxylic acids is 1. The zero-order valence-electron chi connectivity index (χ0n) is 10.4. The second-order valence-electron chi connectivity index (χ2n) is 4.14. The van der Waals surface area contributed by atoms with Crippen molar-refractivity contribution in [2.45, 2.75) is 20.8 Å². The van der Waals surface area contributed by atoms with E-state index in [9.17, 15) is 4.79 Å². The minimum Gasteiger partial charge on any atom is -0.478 e. The van der Waals surface area contributed by atoms with Gasteiger partial charge in [-0.15, -0.1) is 0 Å². The number of nitrogens with zero attached hydrogens (tertiary/aromatic N) is 3. The molecule has 94 valence electrons. The van der Waals surface area contributed by atoms with Crippen LogP contribution in [0.1, 0.15) is 27.3 Å². The molecule has 0 atom stereocenters. The fraction of sp³-hybridized carbons (Fsp3) is 0.250. The van der Waals surface area contributed by atoms with Gasteiger partial charge >= 0.3 is 5.97 Å². The van der Waals surface area contributed by atoms with Crippen LogP contribution in [0.2, 0.25) is 0 Å². The first kappa shape index (κ1) is 12.1. The van der Waals surface area contributed by atoms with E-state index in [-0.39, 0.29) is 11.3 Å². The summed E-state index contributed by atoms with van der Waals surface area (Å²) < 4.78 is 1.62. The summed E-state index contributed by atoms with van der Waals surface area (Å²) in [4.78, 5) is 15.1. The molecule has 2 heterocycles. The molecule has 3 N–H and O–H groups in total. The van der Waals surface area contributed by atoms with E-state index in [2.05, 4.69) is 10.1 Å². The van der Waals surface area contributed by atoms with Crippen LogP contribution in [0.5, 0.6) is 0 Å². The van der Waals surface area contributed by atoms with Crippen LogP contribution in [0.25, 0.3) is 5.82 Å². The molecule has 0 fully saturated rings. The van der Waals surface area contributed by atoms with Gasteiger partial charge in [0.05, 0.1) is 23.1 Å². The van der Waals surface area contributed by atoms with Gasteiger partial charge in [0.25, 0.3) is 0 Å². The van der Waals surface area contributed by atoms with Crippen molar-refractivity contribution in [2.24, 2.45) is 0 Å². The molecule has 18 heavy (non-hydrogen) atoms. The van der Waals surface area contributed by atoms with Gasteiger partial charge in [-0.2, -0.15) is 5.10 Å². The van der Waals surface area contributed by atoms with Crippen LogP contribution >= 0.6 is 0 Å². The van der Waals surface area contributed by atoms with Crippen LogP contribution in [0.3, 0.4) is 0 Å². The number of carbonyl (C=O) groups is 1. The molecular formula is C12H14N4O2. The van der Waals surface area contributed by atoms with Gasteiger partial charge in [0, 0.05) is 5.69 Å². The molecule has 0 saturated heterocycles. The molecule has 0 bridgehead atoms. The molecule has 0 radical (unpaired) electrons. The summed E-state index contributed by atoms with van der Waals surface area (Å²) in [6.07, 6.45) is 1.34. The fourth-order valence-electron chi connectivity index (χ4n) is 1.70. The molecule has 2 aromatic heterocycles. The smallest absolute Gasteiger partial charge is 0.337 e. The number of aryl methyl sites for hydroxylation is 1. The molecule has 6 nitrogen and oxygen atoms in total. The highest BCUT2D eigenvalue weighted by Gasteiger charge is 2.14. The quantitative estimate of drug-likeness (QED) is 0.836. The highest BCUT2D eigenvalue weighted by atomic mass is 16.4. The number of nitrogens with two attached hydrogens (primary N) is 1. The first-order valence-corrected chi connectivity index (χ1v) is 5.44. The molecule has 6 heteroatoms. The minimum absolute atomic E-state index is 0.0326. The Morgan fingerprint density at radius 1 is 1.39 bits per heavy atom. The van der Waals surface area contributed by atoms with E-state index >= 15 is 0 Å². The van der Waals surface area contributed by atoms with Gasteiger partial charge in [-0.05, 0) is 32.4 Å². The summed E-state index contributed by atoms with van der Waals surface area (Å²) in [5, 5.41) is 13.4. The molecule has 0 unspecified atom stereocenters. The maximum atomic E-state index is 11.0. The van der Waals surface area contributed by atoms with E-state index in [4.69, 9.17) is 10.8 Å². The average Bonchev–Trinajstić information content (AvgIpc) is 2.57. The molecule has 0 spiro atoms. The molecule has 0 aliphatic heterocycles. The maximum absolute atomic E-state index is 11.0. The summed E-state index contributed by atoms with van der Waals surface area (Å²) in [6.45, 7) is 5.77. The van der Waals surface area contributed by atoms with Gasteiger partial charge < -0.3 is 10.8 Å². The third-order valence-electron chi connectivity index (χ3n) is 3.02. The average molecular weight is 246 g/mol. The monoisotopic (exact) mass is 246 g/mol. The van der Waals surface area contributed by atoms with Gasteiger partial charge in [-0.25, -0.2) is 14.5 Å². The molecule has 0 aliphatic carbocycles. The number of anilines is 1. The van der Waals surface area contributed by atoms with Crippen molar-refractivity contribution in [3.8, 4) is 5.82 Å². The van der Waals surface area contributed by atoms with Crippen LogP contribution in [0.15, 0.2) is 12.3 Å². The minimum atomic E-state index is -1.07. The fourth-order valence-corrected chi connectivity index (χ4v) is 1.70. The van der Waals surface area contributed by atoms with E-state index in [1.807, 2.05) is 20.8 Å². The number of aromatic nitrogens is 3. The van der Waals surface area contributed by atoms with Crippen LogP contribution in [0, 0.1) is 20.8 Å². The van der Waals surface area contributed by atoms with Crippen molar-refractivity contribution < 1.29 is 9.90 Å². The third kappa shape index (κ3) is 1.81. The zero-order chi connectivity index (χ0) is 13.4. The first-order valence-electron chi connectivity index (χ1n) is 5.44. The summed E-state index contributed by atoms with van der Waals surface area (Å²) in [7, 11) is 0. The summed E-state index contributed by atoms with van der Waals surface area (Å²) in [6, 6.07) is 1.43. The number of hydrogen-bond donors (Lipinski definition) is 2. The second-order valence-corrected chi connectivity index (χ2v) is 4.14. The Balaban J connectivity index is 2.61. The lowest BCUT2D eigenvalue weighted by Gasteiger charge is -2.06. The van der Waals surface area contributed by atoms with Gasteiger partial charge in [0.15, 0.2) is 5.82 Å². The van der Waals surface area contributed by atoms with E-state index in [0.29, 0.717) is 5.82 Å². The van der Waals surface area contributed by atoms with Crippen molar-refractivity contribution in [1.82, 2.24) is 14.8 Å². The molecule has 0 aliphatic rings. The highest BCUT2D eigenvalue weighted by Crippen LogP contribution is 2.18. The molecular weight excluding hydrogens is 232 g/mol. The van der Waals surface area contributed by atoms with Crippen molar-refractivity contribution in [1.29, 1.82) is 0 Å². The SMILES string of the molecule is Cc1nn(-c2cc(C(=O)O)c(N)cn2)c(C)c1C. The van der Waals surface area contributed by atoms with Crippen LogP contribution in [-0.4, -0.2) is 25.8 Å². The number of rotatable bonds is 2. The largest absolute Gasteiger partial charge is 0.478 e. The first-order chi connectivity index (χ1) is 8.41. The summed E-state index contributed by atoms with van der Waals surface area (Å²) in [5.41, 5.74) is 8.63. The standard InChI is InChI=1S/C12H14N4O2/c1-6-7(2)15-16(8(6)3)11-4-9(12(17)18)10(13)5-14-11/h4-5H,13H2,1-3H3,(H,17,18). The lowest BCUT2D eigenvalue weighted by atomic mass is 10.2. The number of pyridine rings is 1. The Labute approximate surface area is 104 Å². The van der Waals surface area contributed by atoms with E-state index in [1.54, 1.807) is 4.68 Å². The lowest BCUT2D eigenvalue weighted by Crippen LogP contribution is -2.08. The van der Waals surface area contributed by atoms with Gasteiger partial charge in [0.1, 0.15) is 0 Å². The van der Waals surface area contributed by atoms with Gasteiger partial charge in [0.2, 0.25) is 0 Å². The normalized spacial score (nSPS) is 10.6. The molecule has 0 amide bonds. The molecule has 2 rings (SSSR count). The third-order valence-corrected chi connectivity index (χ3v) is 3.02. The Morgan fingerprint density at radius 2 is 2.06 bits per heavy atom. The number of carboxylic acid groups (broad SMARTS) is 1. The van der Waals surface area contributed by atoms with Gasteiger partial charge in [-0.1, -0.05) is 0 Å². The van der Waals surface area contributed by atoms with Crippen LogP contribution < -0.4 is 5.73 Å². The summed E-state index contributed by atoms with van der Waals surface area (Å²) >= 11 is 0. The Hall–Kier alpha value is -2.37. The predicted octanol–water partition coefficient (Wildman–Crippen LogP) is 1.47. The second kappa shape index (κ2) is 4.14. The van der Waals surface area contributed by atoms with Crippen LogP contribution in [0.4, 0.5) is 5.69 Å². The topological polar surface area (TPSA) is 94.0 Å². The van der Waals surface area contributed by atoms with Crippen molar-refractivity contribution in [2.75, 3.05) is 5.73 Å². The van der Waals surface area contributed by atoms with E-state index in [1.165, 1.54) is 12.3 Å². The Bertz CT molecular complexity index is 631. The lowest BCUT2D eigenvalue weighted by molar-refractivity contribution is 0.0698. The number of aromatic carboxylic acids is 1. The molecule has 2 aromatic rings. The predicted molar refractivity (Wildman–Crippen MR) is 66.9 cm³/mol. The molecule has 0 saturated carbocycles. The number of nitrogen functional groups attached to an aromatic ring is 1. The highest BCUT2D eigenvalue weighted by molar-refractivity contribution is 5.93. The maximum Gasteiger partial charge on any atom is 0.337 e. The molecule has 0 aromatic carbocycles. The van der Waals surface area contributed by atoms with E-state index in [0.717, 1.165) is 17.0 Å². The summed E-state index contributed by atoms with van der Waals surface area (Å²) in [5.74, 6) is -0.621. The van der Waals surface area contributed by atoms with Crippen LogP contribution in [-0.2, 0) is 0 Å².